The summed E-state index contributed by atoms with van der Waals surface area (Å²) in [6, 6.07) is 6.32. The van der Waals surface area contributed by atoms with Crippen molar-refractivity contribution in [2.75, 3.05) is 23.7 Å². The maximum absolute atomic E-state index is 6.09. The molecular formula is C12H17IN2S. The Bertz CT molecular complexity index is 373. The molecule has 1 aliphatic rings. The van der Waals surface area contributed by atoms with E-state index >= 15 is 0 Å². The summed E-state index contributed by atoms with van der Waals surface area (Å²) in [5.74, 6) is 0. The van der Waals surface area contributed by atoms with Gasteiger partial charge in [0.05, 0.1) is 11.4 Å². The van der Waals surface area contributed by atoms with Crippen LogP contribution in [0.15, 0.2) is 18.2 Å². The first-order valence-electron chi connectivity index (χ1n) is 5.51. The summed E-state index contributed by atoms with van der Waals surface area (Å²) in [7, 11) is 0. The van der Waals surface area contributed by atoms with E-state index in [1.807, 2.05) is 6.07 Å². The van der Waals surface area contributed by atoms with Crippen LogP contribution in [-0.4, -0.2) is 23.6 Å². The van der Waals surface area contributed by atoms with Gasteiger partial charge in [-0.1, -0.05) is 13.8 Å². The van der Waals surface area contributed by atoms with E-state index in [1.165, 1.54) is 9.26 Å². The molecule has 0 radical (unpaired) electrons. The van der Waals surface area contributed by atoms with Gasteiger partial charge in [-0.2, -0.15) is 11.8 Å². The molecular weight excluding hydrogens is 331 g/mol. The molecule has 4 heteroatoms. The minimum absolute atomic E-state index is 0.683. The third-order valence-corrected chi connectivity index (χ3v) is 4.65. The maximum Gasteiger partial charge on any atom is 0.0601 e. The molecule has 2 N–H and O–H groups in total. The molecule has 0 saturated carbocycles. The van der Waals surface area contributed by atoms with Gasteiger partial charge in [-0.05, 0) is 40.8 Å². The van der Waals surface area contributed by atoms with Crippen molar-refractivity contribution in [3.8, 4) is 0 Å². The molecule has 0 aliphatic carbocycles. The number of nitrogens with two attached hydrogens (primary N) is 1. The normalized spacial score (nSPS) is 25.8. The number of halogens is 1. The number of hydrogen-bond donors (Lipinski definition) is 1. The van der Waals surface area contributed by atoms with Crippen LogP contribution < -0.4 is 10.6 Å². The number of thioether (sulfide) groups is 1. The highest BCUT2D eigenvalue weighted by molar-refractivity contribution is 14.1. The molecule has 1 saturated heterocycles. The Morgan fingerprint density at radius 2 is 1.94 bits per heavy atom. The summed E-state index contributed by atoms with van der Waals surface area (Å²) in [6.45, 7) is 6.77. The lowest BCUT2D eigenvalue weighted by atomic mass is 10.2. The zero-order valence-electron chi connectivity index (χ0n) is 9.61. The van der Waals surface area contributed by atoms with Gasteiger partial charge in [0.25, 0.3) is 0 Å². The largest absolute Gasteiger partial charge is 0.397 e. The van der Waals surface area contributed by atoms with Crippen LogP contribution >= 0.6 is 34.4 Å². The highest BCUT2D eigenvalue weighted by Crippen LogP contribution is 2.32. The zero-order valence-corrected chi connectivity index (χ0v) is 12.6. The topological polar surface area (TPSA) is 29.3 Å². The first-order chi connectivity index (χ1) is 7.56. The molecule has 88 valence electrons. The van der Waals surface area contributed by atoms with E-state index < -0.39 is 0 Å². The second kappa shape index (κ2) is 5.04. The Labute approximate surface area is 115 Å². The number of anilines is 2. The fourth-order valence-electron chi connectivity index (χ4n) is 2.19. The molecule has 0 bridgehead atoms. The van der Waals surface area contributed by atoms with Crippen molar-refractivity contribution in [2.45, 2.75) is 24.3 Å². The molecule has 0 aromatic heterocycles. The second-order valence-corrected chi connectivity index (χ2v) is 7.49. The first kappa shape index (κ1) is 12.4. The fraction of sp³-hybridized carbons (Fsp3) is 0.500. The van der Waals surface area contributed by atoms with Crippen LogP contribution in [0, 0.1) is 3.57 Å². The van der Waals surface area contributed by atoms with E-state index in [0.29, 0.717) is 10.5 Å². The fourth-order valence-corrected chi connectivity index (χ4v) is 4.03. The number of rotatable bonds is 1. The summed E-state index contributed by atoms with van der Waals surface area (Å²) in [6.07, 6.45) is 0. The summed E-state index contributed by atoms with van der Waals surface area (Å²) < 4.78 is 1.20. The summed E-state index contributed by atoms with van der Waals surface area (Å²) in [5.41, 5.74) is 8.18. The predicted molar refractivity (Wildman–Crippen MR) is 82.3 cm³/mol. The summed E-state index contributed by atoms with van der Waals surface area (Å²) in [5, 5.41) is 1.37. The van der Waals surface area contributed by atoms with Crippen LogP contribution in [0.4, 0.5) is 11.4 Å². The van der Waals surface area contributed by atoms with Crippen molar-refractivity contribution in [3.05, 3.63) is 21.8 Å². The number of benzene rings is 1. The Morgan fingerprint density at radius 3 is 2.50 bits per heavy atom. The predicted octanol–water partition coefficient (Wildman–Crippen LogP) is 3.20. The molecule has 1 aromatic carbocycles. The highest BCUT2D eigenvalue weighted by atomic mass is 127. The molecule has 1 heterocycles. The van der Waals surface area contributed by atoms with Crippen LogP contribution in [0.1, 0.15) is 13.8 Å². The molecule has 16 heavy (non-hydrogen) atoms. The minimum atomic E-state index is 0.683. The SMILES string of the molecule is CC1CN(c2ccc(I)cc2N)CC(C)S1. The van der Waals surface area contributed by atoms with Crippen molar-refractivity contribution < 1.29 is 0 Å². The lowest BCUT2D eigenvalue weighted by Crippen LogP contribution is -2.40. The molecule has 1 aliphatic heterocycles. The van der Waals surface area contributed by atoms with Gasteiger partial charge in [0, 0.05) is 27.2 Å². The van der Waals surface area contributed by atoms with Gasteiger partial charge in [-0.3, -0.25) is 0 Å². The smallest absolute Gasteiger partial charge is 0.0601 e. The van der Waals surface area contributed by atoms with Gasteiger partial charge in [0.15, 0.2) is 0 Å². The van der Waals surface area contributed by atoms with Crippen LogP contribution in [0.5, 0.6) is 0 Å². The minimum Gasteiger partial charge on any atom is -0.397 e. The van der Waals surface area contributed by atoms with Gasteiger partial charge in [0.2, 0.25) is 0 Å². The number of nitrogen functional groups attached to an aromatic ring is 1. The average molecular weight is 348 g/mol. The molecule has 2 rings (SSSR count). The van der Waals surface area contributed by atoms with Crippen LogP contribution in [-0.2, 0) is 0 Å². The van der Waals surface area contributed by atoms with Crippen molar-refractivity contribution >= 4 is 45.7 Å². The van der Waals surface area contributed by atoms with E-state index in [-0.39, 0.29) is 0 Å². The Balaban J connectivity index is 2.23. The highest BCUT2D eigenvalue weighted by Gasteiger charge is 2.23. The Hall–Kier alpha value is -0.100. The summed E-state index contributed by atoms with van der Waals surface area (Å²) >= 11 is 4.36. The first-order valence-corrected chi connectivity index (χ1v) is 7.54. The van der Waals surface area contributed by atoms with Crippen molar-refractivity contribution in [2.24, 2.45) is 0 Å². The number of nitrogens with zero attached hydrogens (tertiary/aromatic N) is 1. The average Bonchev–Trinajstić information content (AvgIpc) is 2.15. The van der Waals surface area contributed by atoms with Gasteiger partial charge in [-0.25, -0.2) is 0 Å². The van der Waals surface area contributed by atoms with Crippen LogP contribution in [0.3, 0.4) is 0 Å². The number of hydrogen-bond acceptors (Lipinski definition) is 3. The third kappa shape index (κ3) is 2.77. The molecule has 2 unspecified atom stereocenters. The van der Waals surface area contributed by atoms with Crippen molar-refractivity contribution in [1.29, 1.82) is 0 Å². The van der Waals surface area contributed by atoms with Crippen LogP contribution in [0.2, 0.25) is 0 Å². The van der Waals surface area contributed by atoms with E-state index in [1.54, 1.807) is 0 Å². The van der Waals surface area contributed by atoms with E-state index in [0.717, 1.165) is 18.8 Å². The molecule has 0 amide bonds. The Kier molecular flexibility index (Phi) is 3.89. The van der Waals surface area contributed by atoms with Gasteiger partial charge in [-0.15, -0.1) is 0 Å². The van der Waals surface area contributed by atoms with Gasteiger partial charge < -0.3 is 10.6 Å². The second-order valence-electron chi connectivity index (χ2n) is 4.37. The third-order valence-electron chi connectivity index (χ3n) is 2.75. The molecule has 1 aromatic rings. The van der Waals surface area contributed by atoms with Crippen LogP contribution in [0.25, 0.3) is 0 Å². The standard InChI is InChI=1S/C12H17IN2S/c1-8-6-15(7-9(2)16-8)12-4-3-10(13)5-11(12)14/h3-5,8-9H,6-7,14H2,1-2H3. The maximum atomic E-state index is 6.09. The molecule has 0 spiro atoms. The quantitative estimate of drug-likeness (QED) is 0.624. The molecule has 2 atom stereocenters. The van der Waals surface area contributed by atoms with Crippen molar-refractivity contribution in [3.63, 3.8) is 0 Å². The van der Waals surface area contributed by atoms with E-state index in [2.05, 4.69) is 65.2 Å². The Morgan fingerprint density at radius 1 is 1.31 bits per heavy atom. The van der Waals surface area contributed by atoms with E-state index in [9.17, 15) is 0 Å². The summed E-state index contributed by atoms with van der Waals surface area (Å²) in [4.78, 5) is 2.41. The van der Waals surface area contributed by atoms with Crippen molar-refractivity contribution in [1.82, 2.24) is 0 Å². The van der Waals surface area contributed by atoms with Gasteiger partial charge in [0.1, 0.15) is 0 Å². The molecule has 2 nitrogen and oxygen atoms in total. The lowest BCUT2D eigenvalue weighted by Gasteiger charge is -2.36. The zero-order chi connectivity index (χ0) is 11.7. The lowest BCUT2D eigenvalue weighted by molar-refractivity contribution is 0.729. The van der Waals surface area contributed by atoms with E-state index in [4.69, 9.17) is 5.73 Å². The monoisotopic (exact) mass is 348 g/mol. The van der Waals surface area contributed by atoms with Gasteiger partial charge >= 0.3 is 0 Å². The molecule has 1 fully saturated rings.